The van der Waals surface area contributed by atoms with Crippen molar-refractivity contribution >= 4 is 34.6 Å². The van der Waals surface area contributed by atoms with Gasteiger partial charge in [-0.3, -0.25) is 9.89 Å². The fourth-order valence-corrected chi connectivity index (χ4v) is 2.76. The highest BCUT2D eigenvalue weighted by Gasteiger charge is 2.11. The van der Waals surface area contributed by atoms with Crippen LogP contribution in [0.1, 0.15) is 23.0 Å². The Morgan fingerprint density at radius 3 is 2.78 bits per heavy atom. The number of amides is 1. The minimum Gasteiger partial charge on any atom is -0.276 e. The van der Waals surface area contributed by atoms with Crippen molar-refractivity contribution < 1.29 is 4.79 Å². The number of hydrogen-bond donors (Lipinski definition) is 2. The molecule has 0 bridgehead atoms. The van der Waals surface area contributed by atoms with E-state index >= 15 is 0 Å². The molecule has 23 heavy (non-hydrogen) atoms. The molecule has 3 rings (SSSR count). The summed E-state index contributed by atoms with van der Waals surface area (Å²) in [7, 11) is 0. The number of carbonyl (C=O) groups is 1. The van der Waals surface area contributed by atoms with E-state index in [1.54, 1.807) is 29.5 Å². The molecule has 2 aromatic heterocycles. The van der Waals surface area contributed by atoms with Gasteiger partial charge >= 0.3 is 0 Å². The maximum Gasteiger partial charge on any atom is 0.291 e. The fourth-order valence-electron chi connectivity index (χ4n) is 1.94. The zero-order valence-electron chi connectivity index (χ0n) is 12.2. The third kappa shape index (κ3) is 3.67. The topological polar surface area (TPSA) is 70.1 Å². The SMILES string of the molecule is C/C(=N/NC(=O)c1cc(-c2cccs2)[nH]n1)c1ccc(Cl)cc1. The Kier molecular flexibility index (Phi) is 4.55. The minimum absolute atomic E-state index is 0.293. The first-order chi connectivity index (χ1) is 11.1. The average Bonchev–Trinajstić information content (AvgIpc) is 3.23. The van der Waals surface area contributed by atoms with Crippen molar-refractivity contribution in [2.24, 2.45) is 5.10 Å². The fraction of sp³-hybridized carbons (Fsp3) is 0.0625. The lowest BCUT2D eigenvalue weighted by Gasteiger charge is -2.01. The number of aromatic nitrogens is 2. The van der Waals surface area contributed by atoms with Crippen LogP contribution in [-0.4, -0.2) is 21.8 Å². The quantitative estimate of drug-likeness (QED) is 0.555. The molecule has 2 heterocycles. The summed E-state index contributed by atoms with van der Waals surface area (Å²) in [5.74, 6) is -0.364. The van der Waals surface area contributed by atoms with Crippen molar-refractivity contribution in [3.63, 3.8) is 0 Å². The Morgan fingerprint density at radius 1 is 1.30 bits per heavy atom. The van der Waals surface area contributed by atoms with Crippen molar-refractivity contribution in [1.82, 2.24) is 15.6 Å². The highest BCUT2D eigenvalue weighted by atomic mass is 35.5. The molecule has 1 aromatic carbocycles. The van der Waals surface area contributed by atoms with Gasteiger partial charge in [0.1, 0.15) is 0 Å². The van der Waals surface area contributed by atoms with Crippen LogP contribution in [-0.2, 0) is 0 Å². The Labute approximate surface area is 142 Å². The molecule has 0 fully saturated rings. The zero-order valence-corrected chi connectivity index (χ0v) is 13.8. The van der Waals surface area contributed by atoms with Crippen LogP contribution in [0.3, 0.4) is 0 Å². The molecule has 7 heteroatoms. The van der Waals surface area contributed by atoms with Gasteiger partial charge in [0.2, 0.25) is 0 Å². The second-order valence-corrected chi connectivity index (χ2v) is 6.17. The second-order valence-electron chi connectivity index (χ2n) is 4.79. The van der Waals surface area contributed by atoms with Crippen LogP contribution in [0.4, 0.5) is 0 Å². The van der Waals surface area contributed by atoms with Crippen LogP contribution in [0.25, 0.3) is 10.6 Å². The molecule has 0 unspecified atom stereocenters. The van der Waals surface area contributed by atoms with Gasteiger partial charge in [-0.05, 0) is 42.1 Å². The molecule has 0 aliphatic rings. The number of halogens is 1. The lowest BCUT2D eigenvalue weighted by Crippen LogP contribution is -2.19. The summed E-state index contributed by atoms with van der Waals surface area (Å²) in [6.45, 7) is 1.81. The molecule has 0 atom stereocenters. The average molecular weight is 345 g/mol. The lowest BCUT2D eigenvalue weighted by atomic mass is 10.1. The number of nitrogens with one attached hydrogen (secondary N) is 2. The zero-order chi connectivity index (χ0) is 16.2. The lowest BCUT2D eigenvalue weighted by molar-refractivity contribution is 0.0950. The molecule has 0 aliphatic carbocycles. The van der Waals surface area contributed by atoms with Crippen LogP contribution >= 0.6 is 22.9 Å². The third-order valence-electron chi connectivity index (χ3n) is 3.18. The van der Waals surface area contributed by atoms with E-state index in [-0.39, 0.29) is 5.91 Å². The van der Waals surface area contributed by atoms with Crippen LogP contribution < -0.4 is 5.43 Å². The first-order valence-corrected chi connectivity index (χ1v) is 8.09. The predicted molar refractivity (Wildman–Crippen MR) is 93.0 cm³/mol. The smallest absolute Gasteiger partial charge is 0.276 e. The highest BCUT2D eigenvalue weighted by Crippen LogP contribution is 2.22. The van der Waals surface area contributed by atoms with Gasteiger partial charge in [-0.15, -0.1) is 11.3 Å². The van der Waals surface area contributed by atoms with E-state index in [0.717, 1.165) is 16.1 Å². The maximum atomic E-state index is 12.1. The molecule has 1 amide bonds. The number of thiophene rings is 1. The second kappa shape index (κ2) is 6.76. The summed E-state index contributed by atoms with van der Waals surface area (Å²) >= 11 is 7.42. The monoisotopic (exact) mass is 344 g/mol. The van der Waals surface area contributed by atoms with E-state index in [1.807, 2.05) is 36.6 Å². The summed E-state index contributed by atoms with van der Waals surface area (Å²) in [6, 6.07) is 12.8. The predicted octanol–water partition coefficient (Wildman–Crippen LogP) is 3.95. The summed E-state index contributed by atoms with van der Waals surface area (Å²) < 4.78 is 0. The molecule has 2 N–H and O–H groups in total. The van der Waals surface area contributed by atoms with Crippen molar-refractivity contribution in [2.75, 3.05) is 0 Å². The van der Waals surface area contributed by atoms with Crippen molar-refractivity contribution in [3.8, 4) is 10.6 Å². The number of nitrogens with zero attached hydrogens (tertiary/aromatic N) is 2. The van der Waals surface area contributed by atoms with Crippen LogP contribution in [0.2, 0.25) is 5.02 Å². The van der Waals surface area contributed by atoms with E-state index in [2.05, 4.69) is 20.7 Å². The first-order valence-electron chi connectivity index (χ1n) is 6.83. The Balaban J connectivity index is 1.69. The molecule has 0 saturated carbocycles. The normalized spacial score (nSPS) is 11.5. The largest absolute Gasteiger partial charge is 0.291 e. The summed E-state index contributed by atoms with van der Waals surface area (Å²) in [5.41, 5.74) is 5.18. The summed E-state index contributed by atoms with van der Waals surface area (Å²) in [5, 5.41) is 13.6. The van der Waals surface area contributed by atoms with Gasteiger partial charge in [0, 0.05) is 5.02 Å². The minimum atomic E-state index is -0.364. The molecular formula is C16H13ClN4OS. The van der Waals surface area contributed by atoms with Crippen molar-refractivity contribution in [3.05, 3.63) is 64.1 Å². The molecule has 3 aromatic rings. The third-order valence-corrected chi connectivity index (χ3v) is 4.34. The van der Waals surface area contributed by atoms with Crippen molar-refractivity contribution in [1.29, 1.82) is 0 Å². The van der Waals surface area contributed by atoms with Crippen LogP contribution in [0.15, 0.2) is 52.9 Å². The van der Waals surface area contributed by atoms with E-state index in [1.165, 1.54) is 0 Å². The van der Waals surface area contributed by atoms with E-state index in [9.17, 15) is 4.79 Å². The van der Waals surface area contributed by atoms with Gasteiger partial charge in [0.15, 0.2) is 5.69 Å². The Bertz CT molecular complexity index is 837. The Morgan fingerprint density at radius 2 is 2.09 bits per heavy atom. The number of aromatic amines is 1. The van der Waals surface area contributed by atoms with Crippen LogP contribution in [0.5, 0.6) is 0 Å². The summed E-state index contributed by atoms with van der Waals surface area (Å²) in [4.78, 5) is 13.1. The molecule has 116 valence electrons. The maximum absolute atomic E-state index is 12.1. The van der Waals surface area contributed by atoms with Gasteiger partial charge in [0.25, 0.3) is 5.91 Å². The van der Waals surface area contributed by atoms with E-state index in [4.69, 9.17) is 11.6 Å². The standard InChI is InChI=1S/C16H13ClN4OS/c1-10(11-4-6-12(17)7-5-11)18-21-16(22)14-9-13(19-20-14)15-3-2-8-23-15/h2-9H,1H3,(H,19,20)(H,21,22)/b18-10-. The number of hydrogen-bond acceptors (Lipinski definition) is 4. The van der Waals surface area contributed by atoms with Crippen LogP contribution in [0, 0.1) is 0 Å². The van der Waals surface area contributed by atoms with Gasteiger partial charge < -0.3 is 0 Å². The van der Waals surface area contributed by atoms with E-state index < -0.39 is 0 Å². The molecular weight excluding hydrogens is 332 g/mol. The number of carbonyl (C=O) groups excluding carboxylic acids is 1. The number of hydrazone groups is 1. The Hall–Kier alpha value is -2.44. The highest BCUT2D eigenvalue weighted by molar-refractivity contribution is 7.13. The van der Waals surface area contributed by atoms with Gasteiger partial charge in [0.05, 0.1) is 16.3 Å². The van der Waals surface area contributed by atoms with Gasteiger partial charge in [-0.2, -0.15) is 10.2 Å². The van der Waals surface area contributed by atoms with Gasteiger partial charge in [-0.25, -0.2) is 5.43 Å². The molecule has 5 nitrogen and oxygen atoms in total. The first kappa shape index (κ1) is 15.5. The molecule has 0 aliphatic heterocycles. The number of rotatable bonds is 4. The van der Waals surface area contributed by atoms with Gasteiger partial charge in [-0.1, -0.05) is 29.8 Å². The number of H-pyrrole nitrogens is 1. The molecule has 0 radical (unpaired) electrons. The van der Waals surface area contributed by atoms with E-state index in [0.29, 0.717) is 16.4 Å². The number of benzene rings is 1. The summed E-state index contributed by atoms with van der Waals surface area (Å²) in [6.07, 6.45) is 0. The van der Waals surface area contributed by atoms with Crippen molar-refractivity contribution in [2.45, 2.75) is 6.92 Å². The molecule has 0 spiro atoms. The molecule has 0 saturated heterocycles.